The van der Waals surface area contributed by atoms with Gasteiger partial charge in [-0.3, -0.25) is 10.1 Å². The van der Waals surface area contributed by atoms with E-state index in [0.29, 0.717) is 35.8 Å². The van der Waals surface area contributed by atoms with E-state index in [-0.39, 0.29) is 12.5 Å². The topological polar surface area (TPSA) is 97.5 Å². The van der Waals surface area contributed by atoms with Gasteiger partial charge in [0, 0.05) is 24.7 Å². The maximum Gasteiger partial charge on any atom is 0.413 e. The molecule has 2 aromatic rings. The van der Waals surface area contributed by atoms with Crippen LogP contribution in [0.4, 0.5) is 10.6 Å². The highest BCUT2D eigenvalue weighted by atomic mass is 35.5. The molecule has 1 spiro atoms. The molecule has 8 heteroatoms. The van der Waals surface area contributed by atoms with Gasteiger partial charge in [0.15, 0.2) is 5.60 Å². The van der Waals surface area contributed by atoms with Crippen LogP contribution in [0.2, 0.25) is 5.02 Å². The first-order chi connectivity index (χ1) is 13.0. The molecule has 2 atom stereocenters. The van der Waals surface area contributed by atoms with Gasteiger partial charge in [0.2, 0.25) is 5.91 Å². The van der Waals surface area contributed by atoms with E-state index in [1.807, 2.05) is 30.3 Å². The zero-order valence-corrected chi connectivity index (χ0v) is 15.3. The van der Waals surface area contributed by atoms with E-state index in [1.54, 1.807) is 11.0 Å². The lowest BCUT2D eigenvalue weighted by atomic mass is 9.92. The lowest BCUT2D eigenvalue weighted by Gasteiger charge is -2.34. The fourth-order valence-corrected chi connectivity index (χ4v) is 3.86. The van der Waals surface area contributed by atoms with Gasteiger partial charge < -0.3 is 15.4 Å². The normalized spacial score (nSPS) is 22.1. The fourth-order valence-electron chi connectivity index (χ4n) is 3.70. The van der Waals surface area contributed by atoms with Crippen LogP contribution in [0.1, 0.15) is 17.5 Å². The molecule has 7 nitrogen and oxygen atoms in total. The fraction of sp³-hybridized carbons (Fsp3) is 0.316. The quantitative estimate of drug-likeness (QED) is 0.843. The molecule has 1 saturated heterocycles. The van der Waals surface area contributed by atoms with Gasteiger partial charge in [0.1, 0.15) is 5.82 Å². The highest BCUT2D eigenvalue weighted by Crippen LogP contribution is 2.42. The molecule has 2 aliphatic rings. The highest BCUT2D eigenvalue weighted by Gasteiger charge is 2.49. The number of nitrogens with two attached hydrogens (primary N) is 1. The SMILES string of the molecule is N[C@@H](Cc1ccccc1)C(=O)N1CCC2(C1)OC(=O)Nc1ncc(Cl)cc12. The van der Waals surface area contributed by atoms with Gasteiger partial charge >= 0.3 is 6.09 Å². The average molecular weight is 387 g/mol. The number of halogens is 1. The Morgan fingerprint density at radius 2 is 2.19 bits per heavy atom. The molecule has 0 aliphatic carbocycles. The second kappa shape index (κ2) is 6.83. The Morgan fingerprint density at radius 3 is 2.96 bits per heavy atom. The first kappa shape index (κ1) is 17.8. The van der Waals surface area contributed by atoms with Crippen LogP contribution < -0.4 is 11.1 Å². The number of rotatable bonds is 3. The number of ether oxygens (including phenoxy) is 1. The number of nitrogens with zero attached hydrogens (tertiary/aromatic N) is 2. The number of carbonyl (C=O) groups excluding carboxylic acids is 2. The van der Waals surface area contributed by atoms with Gasteiger partial charge in [-0.05, 0) is 18.1 Å². The summed E-state index contributed by atoms with van der Waals surface area (Å²) < 4.78 is 5.61. The number of benzene rings is 1. The van der Waals surface area contributed by atoms with E-state index < -0.39 is 17.7 Å². The molecule has 27 heavy (non-hydrogen) atoms. The average Bonchev–Trinajstić information content (AvgIpc) is 3.07. The van der Waals surface area contributed by atoms with Crippen LogP contribution in [0.15, 0.2) is 42.6 Å². The summed E-state index contributed by atoms with van der Waals surface area (Å²) in [5.74, 6) is 0.250. The Kier molecular flexibility index (Phi) is 4.49. The zero-order chi connectivity index (χ0) is 19.0. The van der Waals surface area contributed by atoms with Crippen molar-refractivity contribution in [1.82, 2.24) is 9.88 Å². The lowest BCUT2D eigenvalue weighted by Crippen LogP contribution is -2.47. The molecule has 1 fully saturated rings. The summed E-state index contributed by atoms with van der Waals surface area (Å²) in [6.07, 6.45) is 1.81. The first-order valence-electron chi connectivity index (χ1n) is 8.71. The third kappa shape index (κ3) is 3.36. The van der Waals surface area contributed by atoms with Crippen LogP contribution >= 0.6 is 11.6 Å². The number of carbonyl (C=O) groups is 2. The van der Waals surface area contributed by atoms with Gasteiger partial charge in [-0.2, -0.15) is 0 Å². The predicted molar refractivity (Wildman–Crippen MR) is 100 cm³/mol. The molecule has 0 bridgehead atoms. The van der Waals surface area contributed by atoms with Crippen LogP contribution in [-0.2, 0) is 21.6 Å². The van der Waals surface area contributed by atoms with Crippen molar-refractivity contribution in [2.75, 3.05) is 18.4 Å². The summed E-state index contributed by atoms with van der Waals surface area (Å²) in [5.41, 5.74) is 6.89. The number of hydrogen-bond donors (Lipinski definition) is 2. The molecule has 0 saturated carbocycles. The van der Waals surface area contributed by atoms with Crippen molar-refractivity contribution in [3.8, 4) is 0 Å². The summed E-state index contributed by atoms with van der Waals surface area (Å²) in [7, 11) is 0. The molecule has 2 aliphatic heterocycles. The monoisotopic (exact) mass is 386 g/mol. The molecule has 3 heterocycles. The maximum atomic E-state index is 12.8. The van der Waals surface area contributed by atoms with Crippen molar-refractivity contribution in [2.45, 2.75) is 24.5 Å². The van der Waals surface area contributed by atoms with Crippen molar-refractivity contribution in [3.63, 3.8) is 0 Å². The Hall–Kier alpha value is -2.64. The Balaban J connectivity index is 1.54. The predicted octanol–water partition coefficient (Wildman–Crippen LogP) is 2.29. The molecule has 4 rings (SSSR count). The summed E-state index contributed by atoms with van der Waals surface area (Å²) in [6, 6.07) is 10.7. The van der Waals surface area contributed by atoms with Gasteiger partial charge in [-0.1, -0.05) is 41.9 Å². The largest absolute Gasteiger partial charge is 0.436 e. The van der Waals surface area contributed by atoms with Crippen molar-refractivity contribution in [2.24, 2.45) is 5.73 Å². The molecule has 1 aromatic carbocycles. The lowest BCUT2D eigenvalue weighted by molar-refractivity contribution is -0.132. The van der Waals surface area contributed by atoms with Crippen molar-refractivity contribution in [1.29, 1.82) is 0 Å². The highest BCUT2D eigenvalue weighted by molar-refractivity contribution is 6.30. The van der Waals surface area contributed by atoms with Gasteiger partial charge in [0.25, 0.3) is 0 Å². The zero-order valence-electron chi connectivity index (χ0n) is 14.5. The van der Waals surface area contributed by atoms with Crippen LogP contribution in [0.5, 0.6) is 0 Å². The van der Waals surface area contributed by atoms with E-state index in [9.17, 15) is 9.59 Å². The summed E-state index contributed by atoms with van der Waals surface area (Å²) >= 11 is 6.08. The van der Waals surface area contributed by atoms with Crippen LogP contribution in [-0.4, -0.2) is 41.0 Å². The van der Waals surface area contributed by atoms with Gasteiger partial charge in [-0.15, -0.1) is 0 Å². The van der Waals surface area contributed by atoms with Crippen LogP contribution in [0.25, 0.3) is 0 Å². The molecule has 0 radical (unpaired) electrons. The Morgan fingerprint density at radius 1 is 1.41 bits per heavy atom. The van der Waals surface area contributed by atoms with E-state index in [0.717, 1.165) is 5.56 Å². The van der Waals surface area contributed by atoms with Crippen molar-refractivity contribution >= 4 is 29.4 Å². The molecule has 1 unspecified atom stereocenters. The first-order valence-corrected chi connectivity index (χ1v) is 9.09. The number of anilines is 1. The van der Waals surface area contributed by atoms with E-state index in [1.165, 1.54) is 6.20 Å². The van der Waals surface area contributed by atoms with Crippen molar-refractivity contribution in [3.05, 3.63) is 58.7 Å². The molecular weight excluding hydrogens is 368 g/mol. The van der Waals surface area contributed by atoms with Crippen LogP contribution in [0.3, 0.4) is 0 Å². The third-order valence-electron chi connectivity index (χ3n) is 5.01. The van der Waals surface area contributed by atoms with Gasteiger partial charge in [0.05, 0.1) is 17.6 Å². The number of hydrogen-bond acceptors (Lipinski definition) is 5. The van der Waals surface area contributed by atoms with E-state index in [4.69, 9.17) is 22.1 Å². The number of likely N-dealkylation sites (tertiary alicyclic amines) is 1. The van der Waals surface area contributed by atoms with Crippen LogP contribution in [0, 0.1) is 0 Å². The number of aromatic nitrogens is 1. The molecule has 3 N–H and O–H groups in total. The summed E-state index contributed by atoms with van der Waals surface area (Å²) in [6.45, 7) is 0.678. The molecular formula is C19H19ClN4O3. The number of fused-ring (bicyclic) bond motifs is 2. The third-order valence-corrected chi connectivity index (χ3v) is 5.22. The van der Waals surface area contributed by atoms with E-state index >= 15 is 0 Å². The number of amides is 2. The molecule has 2 amide bonds. The minimum Gasteiger partial charge on any atom is -0.436 e. The van der Waals surface area contributed by atoms with Gasteiger partial charge in [-0.25, -0.2) is 9.78 Å². The number of pyridine rings is 1. The molecule has 140 valence electrons. The second-order valence-electron chi connectivity index (χ2n) is 6.86. The summed E-state index contributed by atoms with van der Waals surface area (Å²) in [4.78, 5) is 30.7. The minimum absolute atomic E-state index is 0.165. The van der Waals surface area contributed by atoms with E-state index in [2.05, 4.69) is 10.3 Å². The second-order valence-corrected chi connectivity index (χ2v) is 7.30. The summed E-state index contributed by atoms with van der Waals surface area (Å²) in [5, 5.41) is 3.02. The Labute approximate surface area is 161 Å². The number of nitrogens with one attached hydrogen (secondary N) is 1. The minimum atomic E-state index is -0.947. The standard InChI is InChI=1S/C19H19ClN4O3/c20-13-9-14-16(22-10-13)23-18(26)27-19(14)6-7-24(11-19)17(25)15(21)8-12-4-2-1-3-5-12/h1-5,9-10,15H,6-8,11,21H2,(H,22,23,26)/t15-,19?/m0/s1. The molecule has 1 aromatic heterocycles. The van der Waals surface area contributed by atoms with Crippen molar-refractivity contribution < 1.29 is 14.3 Å². The Bertz CT molecular complexity index is 892. The smallest absolute Gasteiger partial charge is 0.413 e. The maximum absolute atomic E-state index is 12.8.